The Morgan fingerprint density at radius 3 is 3.10 bits per heavy atom. The highest BCUT2D eigenvalue weighted by Crippen LogP contribution is 2.26. The van der Waals surface area contributed by atoms with E-state index in [2.05, 4.69) is 15.3 Å². The van der Waals surface area contributed by atoms with Gasteiger partial charge in [0.05, 0.1) is 17.7 Å². The van der Waals surface area contributed by atoms with E-state index in [9.17, 15) is 0 Å². The van der Waals surface area contributed by atoms with E-state index in [1.165, 1.54) is 0 Å². The third kappa shape index (κ3) is 2.53. The molecule has 0 aliphatic carbocycles. The van der Waals surface area contributed by atoms with Crippen LogP contribution in [0.25, 0.3) is 11.5 Å². The molecule has 108 valence electrons. The van der Waals surface area contributed by atoms with Crippen molar-refractivity contribution in [2.45, 2.75) is 39.0 Å². The first-order valence-electron chi connectivity index (χ1n) is 6.69. The number of aryl methyl sites for hydroxylation is 1. The molecule has 0 bridgehead atoms. The van der Waals surface area contributed by atoms with Gasteiger partial charge in [-0.05, 0) is 32.0 Å². The maximum atomic E-state index is 6.24. The lowest BCUT2D eigenvalue weighted by atomic mass is 10.2. The maximum absolute atomic E-state index is 6.24. The van der Waals surface area contributed by atoms with Gasteiger partial charge in [0.2, 0.25) is 0 Å². The number of aromatic nitrogens is 5. The highest BCUT2D eigenvalue weighted by Gasteiger charge is 2.21. The fourth-order valence-electron chi connectivity index (χ4n) is 2.37. The number of hydrogen-bond donors (Lipinski definition) is 1. The number of aromatic amines is 1. The first-order valence-corrected chi connectivity index (χ1v) is 7.47. The van der Waals surface area contributed by atoms with E-state index in [0.29, 0.717) is 27.9 Å². The van der Waals surface area contributed by atoms with Crippen molar-refractivity contribution in [3.8, 4) is 11.5 Å². The van der Waals surface area contributed by atoms with Crippen molar-refractivity contribution in [3.63, 3.8) is 0 Å². The highest BCUT2D eigenvalue weighted by molar-refractivity contribution is 7.71. The van der Waals surface area contributed by atoms with Crippen LogP contribution in [0, 0.1) is 4.77 Å². The lowest BCUT2D eigenvalue weighted by Gasteiger charge is -2.11. The maximum Gasteiger partial charge on any atom is 0.195 e. The lowest BCUT2D eigenvalue weighted by Crippen LogP contribution is -2.16. The van der Waals surface area contributed by atoms with E-state index in [0.717, 1.165) is 26.0 Å². The van der Waals surface area contributed by atoms with Crippen LogP contribution in [0.3, 0.4) is 0 Å². The standard InChI is InChI=1S/C12H16ClN5OS/c1-2-17-7-9(13)10(16-17)11-14-15-12(20)18(11)6-8-4-3-5-19-8/h7-8H,2-6H2,1H3,(H,15,20)/t8-/m1/s1. The zero-order chi connectivity index (χ0) is 14.1. The Morgan fingerprint density at radius 1 is 1.60 bits per heavy atom. The van der Waals surface area contributed by atoms with E-state index in [1.807, 2.05) is 11.5 Å². The van der Waals surface area contributed by atoms with Crippen LogP contribution < -0.4 is 0 Å². The number of ether oxygens (including phenoxy) is 1. The number of nitrogens with zero attached hydrogens (tertiary/aromatic N) is 4. The van der Waals surface area contributed by atoms with Gasteiger partial charge in [0.15, 0.2) is 10.6 Å². The average Bonchev–Trinajstić information content (AvgIpc) is 3.13. The molecular formula is C12H16ClN5OS. The fraction of sp³-hybridized carbons (Fsp3) is 0.583. The summed E-state index contributed by atoms with van der Waals surface area (Å²) < 4.78 is 9.93. The first-order chi connectivity index (χ1) is 9.69. The molecule has 1 N–H and O–H groups in total. The Labute approximate surface area is 126 Å². The third-order valence-corrected chi connectivity index (χ3v) is 4.01. The van der Waals surface area contributed by atoms with Crippen LogP contribution in [0.15, 0.2) is 6.20 Å². The Bertz CT molecular complexity index is 655. The SMILES string of the molecule is CCn1cc(Cl)c(-c2n[nH]c(=S)n2C[C@H]2CCCO2)n1. The summed E-state index contributed by atoms with van der Waals surface area (Å²) in [5.74, 6) is 0.669. The summed E-state index contributed by atoms with van der Waals surface area (Å²) in [6.45, 7) is 4.27. The van der Waals surface area contributed by atoms with Gasteiger partial charge in [0, 0.05) is 19.3 Å². The molecule has 2 aromatic heterocycles. The zero-order valence-electron chi connectivity index (χ0n) is 11.2. The molecule has 3 rings (SSSR count). The summed E-state index contributed by atoms with van der Waals surface area (Å²) in [5, 5.41) is 12.1. The van der Waals surface area contributed by atoms with Crippen molar-refractivity contribution >= 4 is 23.8 Å². The summed E-state index contributed by atoms with van der Waals surface area (Å²) in [6, 6.07) is 0. The van der Waals surface area contributed by atoms with Crippen LogP contribution in [-0.4, -0.2) is 37.3 Å². The van der Waals surface area contributed by atoms with Crippen molar-refractivity contribution in [2.75, 3.05) is 6.61 Å². The molecule has 0 spiro atoms. The number of hydrogen-bond acceptors (Lipinski definition) is 4. The van der Waals surface area contributed by atoms with Crippen LogP contribution in [-0.2, 0) is 17.8 Å². The van der Waals surface area contributed by atoms with Gasteiger partial charge in [-0.3, -0.25) is 14.3 Å². The molecule has 1 aliphatic rings. The molecule has 0 unspecified atom stereocenters. The van der Waals surface area contributed by atoms with Crippen LogP contribution in [0.2, 0.25) is 5.02 Å². The molecule has 8 heteroatoms. The Balaban J connectivity index is 1.96. The van der Waals surface area contributed by atoms with Crippen LogP contribution in [0.4, 0.5) is 0 Å². The summed E-state index contributed by atoms with van der Waals surface area (Å²) in [6.07, 6.45) is 4.12. The second kappa shape index (κ2) is 5.67. The van der Waals surface area contributed by atoms with Gasteiger partial charge >= 0.3 is 0 Å². The number of halogens is 1. The molecule has 1 fully saturated rings. The van der Waals surface area contributed by atoms with E-state index in [-0.39, 0.29) is 6.10 Å². The molecule has 0 aromatic carbocycles. The minimum atomic E-state index is 0.185. The largest absolute Gasteiger partial charge is 0.376 e. The molecular weight excluding hydrogens is 298 g/mol. The molecule has 0 amide bonds. The van der Waals surface area contributed by atoms with Gasteiger partial charge < -0.3 is 4.74 Å². The summed E-state index contributed by atoms with van der Waals surface area (Å²) in [4.78, 5) is 0. The predicted octanol–water partition coefficient (Wildman–Crippen LogP) is 2.66. The van der Waals surface area contributed by atoms with Crippen molar-refractivity contribution < 1.29 is 4.74 Å². The van der Waals surface area contributed by atoms with Crippen molar-refractivity contribution in [1.82, 2.24) is 24.5 Å². The number of H-pyrrole nitrogens is 1. The Kier molecular flexibility index (Phi) is 3.91. The Morgan fingerprint density at radius 2 is 2.45 bits per heavy atom. The summed E-state index contributed by atoms with van der Waals surface area (Å²) >= 11 is 11.5. The van der Waals surface area contributed by atoms with Gasteiger partial charge in [0.1, 0.15) is 5.69 Å². The fourth-order valence-corrected chi connectivity index (χ4v) is 2.81. The van der Waals surface area contributed by atoms with Crippen LogP contribution >= 0.6 is 23.8 Å². The average molecular weight is 314 g/mol. The molecule has 6 nitrogen and oxygen atoms in total. The zero-order valence-corrected chi connectivity index (χ0v) is 12.7. The van der Waals surface area contributed by atoms with Crippen molar-refractivity contribution in [3.05, 3.63) is 16.0 Å². The number of rotatable bonds is 4. The minimum Gasteiger partial charge on any atom is -0.376 e. The molecule has 20 heavy (non-hydrogen) atoms. The molecule has 0 saturated carbocycles. The van der Waals surface area contributed by atoms with Crippen LogP contribution in [0.1, 0.15) is 19.8 Å². The molecule has 0 radical (unpaired) electrons. The van der Waals surface area contributed by atoms with Gasteiger partial charge in [-0.2, -0.15) is 10.2 Å². The minimum absolute atomic E-state index is 0.185. The normalized spacial score (nSPS) is 18.8. The third-order valence-electron chi connectivity index (χ3n) is 3.42. The lowest BCUT2D eigenvalue weighted by molar-refractivity contribution is 0.0969. The summed E-state index contributed by atoms with van der Waals surface area (Å²) in [5.41, 5.74) is 0.652. The number of nitrogens with one attached hydrogen (secondary N) is 1. The van der Waals surface area contributed by atoms with Crippen molar-refractivity contribution in [2.24, 2.45) is 0 Å². The van der Waals surface area contributed by atoms with Gasteiger partial charge in [-0.15, -0.1) is 0 Å². The second-order valence-corrected chi connectivity index (χ2v) is 5.57. The summed E-state index contributed by atoms with van der Waals surface area (Å²) in [7, 11) is 0. The van der Waals surface area contributed by atoms with E-state index >= 15 is 0 Å². The molecule has 2 aromatic rings. The molecule has 1 saturated heterocycles. The van der Waals surface area contributed by atoms with Crippen molar-refractivity contribution in [1.29, 1.82) is 0 Å². The second-order valence-electron chi connectivity index (χ2n) is 4.78. The smallest absolute Gasteiger partial charge is 0.195 e. The Hall–Kier alpha value is -1.18. The van der Waals surface area contributed by atoms with Gasteiger partial charge in [-0.25, -0.2) is 0 Å². The van der Waals surface area contributed by atoms with E-state index in [4.69, 9.17) is 28.6 Å². The topological polar surface area (TPSA) is 60.7 Å². The molecule has 1 aliphatic heterocycles. The quantitative estimate of drug-likeness (QED) is 0.882. The van der Waals surface area contributed by atoms with Crippen LogP contribution in [0.5, 0.6) is 0 Å². The molecule has 1 atom stereocenters. The molecule has 3 heterocycles. The van der Waals surface area contributed by atoms with E-state index < -0.39 is 0 Å². The monoisotopic (exact) mass is 313 g/mol. The van der Waals surface area contributed by atoms with Gasteiger partial charge in [-0.1, -0.05) is 11.6 Å². The highest BCUT2D eigenvalue weighted by atomic mass is 35.5. The van der Waals surface area contributed by atoms with E-state index in [1.54, 1.807) is 10.9 Å². The van der Waals surface area contributed by atoms with Gasteiger partial charge in [0.25, 0.3) is 0 Å². The predicted molar refractivity (Wildman–Crippen MR) is 78.3 cm³/mol. The first kappa shape index (κ1) is 13.8.